The van der Waals surface area contributed by atoms with Crippen LogP contribution in [0.2, 0.25) is 0 Å². The number of amides is 1. The summed E-state index contributed by atoms with van der Waals surface area (Å²) in [4.78, 5) is 17.1. The second-order valence-electron chi connectivity index (χ2n) is 7.20. The SMILES string of the molecule is Cc1ccc(C)c(OCc2ccc(C(=O)Nc3nc4ccc(S(C)(=O)=O)cc4s3)o2)c1. The summed E-state index contributed by atoms with van der Waals surface area (Å²) in [5, 5.41) is 3.05. The molecule has 0 aliphatic heterocycles. The fourth-order valence-electron chi connectivity index (χ4n) is 2.94. The normalized spacial score (nSPS) is 11.6. The van der Waals surface area contributed by atoms with Crippen molar-refractivity contribution in [3.63, 3.8) is 0 Å². The van der Waals surface area contributed by atoms with E-state index in [4.69, 9.17) is 9.15 Å². The van der Waals surface area contributed by atoms with Crippen LogP contribution in [-0.2, 0) is 16.4 Å². The van der Waals surface area contributed by atoms with Gasteiger partial charge in [0.25, 0.3) is 5.91 Å². The van der Waals surface area contributed by atoms with Gasteiger partial charge in [0.15, 0.2) is 20.7 Å². The number of hydrogen-bond donors (Lipinski definition) is 1. The molecule has 9 heteroatoms. The zero-order valence-electron chi connectivity index (χ0n) is 17.1. The summed E-state index contributed by atoms with van der Waals surface area (Å²) in [6.07, 6.45) is 1.15. The minimum atomic E-state index is -3.31. The molecule has 0 unspecified atom stereocenters. The Morgan fingerprint density at radius 3 is 2.71 bits per heavy atom. The first-order valence-corrected chi connectivity index (χ1v) is 12.1. The molecular formula is C22H20N2O5S2. The fourth-order valence-corrected chi connectivity index (χ4v) is 4.56. The standard InChI is InChI=1S/C22H20N2O5S2/c1-13-4-5-14(2)19(10-13)28-12-15-6-9-18(29-15)21(25)24-22-23-17-8-7-16(31(3,26)27)11-20(17)30-22/h4-11H,12H2,1-3H3,(H,23,24,25). The molecule has 0 aliphatic rings. The van der Waals surface area contributed by atoms with Crippen LogP contribution in [0, 0.1) is 13.8 Å². The average Bonchev–Trinajstić information content (AvgIpc) is 3.33. The molecule has 160 valence electrons. The summed E-state index contributed by atoms with van der Waals surface area (Å²) in [6.45, 7) is 4.16. The number of hydrogen-bond acceptors (Lipinski definition) is 7. The maximum atomic E-state index is 12.5. The molecule has 0 bridgehead atoms. The third-order valence-corrected chi connectivity index (χ3v) is 6.65. The van der Waals surface area contributed by atoms with Crippen LogP contribution in [0.5, 0.6) is 5.75 Å². The Morgan fingerprint density at radius 2 is 1.94 bits per heavy atom. The number of rotatable bonds is 6. The lowest BCUT2D eigenvalue weighted by molar-refractivity contribution is 0.0992. The van der Waals surface area contributed by atoms with E-state index in [9.17, 15) is 13.2 Å². The molecule has 7 nitrogen and oxygen atoms in total. The van der Waals surface area contributed by atoms with Gasteiger partial charge in [-0.15, -0.1) is 0 Å². The highest BCUT2D eigenvalue weighted by Crippen LogP contribution is 2.28. The number of aryl methyl sites for hydroxylation is 2. The van der Waals surface area contributed by atoms with Gasteiger partial charge in [0, 0.05) is 6.26 Å². The van der Waals surface area contributed by atoms with Crippen LogP contribution in [0.1, 0.15) is 27.4 Å². The number of ether oxygens (including phenoxy) is 1. The molecule has 1 amide bonds. The van der Waals surface area contributed by atoms with E-state index < -0.39 is 15.7 Å². The Bertz CT molecular complexity index is 1390. The third kappa shape index (κ3) is 4.78. The lowest BCUT2D eigenvalue weighted by Crippen LogP contribution is -2.10. The van der Waals surface area contributed by atoms with Gasteiger partial charge < -0.3 is 9.15 Å². The second kappa shape index (κ2) is 8.16. The Hall–Kier alpha value is -3.17. The number of thiazole rings is 1. The molecule has 2 aromatic heterocycles. The third-order valence-electron chi connectivity index (χ3n) is 4.61. The van der Waals surface area contributed by atoms with Crippen LogP contribution >= 0.6 is 11.3 Å². The summed E-state index contributed by atoms with van der Waals surface area (Å²) < 4.78 is 35.5. The highest BCUT2D eigenvalue weighted by molar-refractivity contribution is 7.90. The lowest BCUT2D eigenvalue weighted by atomic mass is 10.1. The smallest absolute Gasteiger partial charge is 0.293 e. The number of anilines is 1. The number of nitrogens with one attached hydrogen (secondary N) is 1. The van der Waals surface area contributed by atoms with E-state index in [1.807, 2.05) is 32.0 Å². The molecule has 0 saturated heterocycles. The van der Waals surface area contributed by atoms with Gasteiger partial charge in [0.2, 0.25) is 0 Å². The summed E-state index contributed by atoms with van der Waals surface area (Å²) in [6, 6.07) is 13.9. The van der Waals surface area contributed by atoms with Gasteiger partial charge in [-0.3, -0.25) is 10.1 Å². The molecular weight excluding hydrogens is 436 g/mol. The Balaban J connectivity index is 1.44. The van der Waals surface area contributed by atoms with Crippen LogP contribution in [0.3, 0.4) is 0 Å². The monoisotopic (exact) mass is 456 g/mol. The molecule has 0 radical (unpaired) electrons. The van der Waals surface area contributed by atoms with E-state index in [1.54, 1.807) is 24.3 Å². The zero-order valence-corrected chi connectivity index (χ0v) is 18.8. The van der Waals surface area contributed by atoms with Crippen LogP contribution in [-0.4, -0.2) is 25.6 Å². The van der Waals surface area contributed by atoms with Gasteiger partial charge in [0.1, 0.15) is 18.1 Å². The van der Waals surface area contributed by atoms with Crippen LogP contribution < -0.4 is 10.1 Å². The number of furan rings is 1. The van der Waals surface area contributed by atoms with E-state index in [0.29, 0.717) is 21.1 Å². The highest BCUT2D eigenvalue weighted by Gasteiger charge is 2.16. The van der Waals surface area contributed by atoms with Crippen molar-refractivity contribution in [2.75, 3.05) is 11.6 Å². The topological polar surface area (TPSA) is 98.5 Å². The number of sulfone groups is 1. The number of nitrogens with zero attached hydrogens (tertiary/aromatic N) is 1. The van der Waals surface area contributed by atoms with E-state index in [2.05, 4.69) is 10.3 Å². The van der Waals surface area contributed by atoms with Crippen molar-refractivity contribution < 1.29 is 22.4 Å². The molecule has 0 spiro atoms. The lowest BCUT2D eigenvalue weighted by Gasteiger charge is -2.08. The van der Waals surface area contributed by atoms with Crippen molar-refractivity contribution in [2.24, 2.45) is 0 Å². The molecule has 31 heavy (non-hydrogen) atoms. The van der Waals surface area contributed by atoms with Crippen LogP contribution in [0.4, 0.5) is 5.13 Å². The fraction of sp³-hybridized carbons (Fsp3) is 0.182. The molecule has 0 fully saturated rings. The van der Waals surface area contributed by atoms with Crippen molar-refractivity contribution in [1.29, 1.82) is 0 Å². The highest BCUT2D eigenvalue weighted by atomic mass is 32.2. The minimum absolute atomic E-state index is 0.135. The van der Waals surface area contributed by atoms with E-state index in [-0.39, 0.29) is 17.3 Å². The predicted molar refractivity (Wildman–Crippen MR) is 120 cm³/mol. The molecule has 2 heterocycles. The van der Waals surface area contributed by atoms with Gasteiger partial charge in [-0.25, -0.2) is 13.4 Å². The van der Waals surface area contributed by atoms with Crippen molar-refractivity contribution in [1.82, 2.24) is 4.98 Å². The Labute approximate surface area is 183 Å². The maximum absolute atomic E-state index is 12.5. The van der Waals surface area contributed by atoms with Crippen molar-refractivity contribution in [2.45, 2.75) is 25.3 Å². The first-order valence-electron chi connectivity index (χ1n) is 9.40. The van der Waals surface area contributed by atoms with Crippen molar-refractivity contribution in [3.05, 3.63) is 71.2 Å². The number of aromatic nitrogens is 1. The summed E-state index contributed by atoms with van der Waals surface area (Å²) >= 11 is 1.19. The number of benzene rings is 2. The average molecular weight is 457 g/mol. The van der Waals surface area contributed by atoms with E-state index >= 15 is 0 Å². The molecule has 0 saturated carbocycles. The Kier molecular flexibility index (Phi) is 5.55. The summed E-state index contributed by atoms with van der Waals surface area (Å²) in [7, 11) is -3.31. The molecule has 2 aromatic carbocycles. The molecule has 1 N–H and O–H groups in total. The van der Waals surface area contributed by atoms with Crippen LogP contribution in [0.15, 0.2) is 57.8 Å². The molecule has 4 aromatic rings. The minimum Gasteiger partial charge on any atom is -0.485 e. The Morgan fingerprint density at radius 1 is 1.13 bits per heavy atom. The van der Waals surface area contributed by atoms with Gasteiger partial charge in [0.05, 0.1) is 15.1 Å². The number of carbonyl (C=O) groups is 1. The molecule has 0 aliphatic carbocycles. The van der Waals surface area contributed by atoms with E-state index in [0.717, 1.165) is 23.1 Å². The maximum Gasteiger partial charge on any atom is 0.293 e. The second-order valence-corrected chi connectivity index (χ2v) is 10.2. The zero-order chi connectivity index (χ0) is 22.2. The molecule has 0 atom stereocenters. The first-order chi connectivity index (χ1) is 14.7. The van der Waals surface area contributed by atoms with Gasteiger partial charge >= 0.3 is 0 Å². The predicted octanol–water partition coefficient (Wildman–Crippen LogP) is 4.74. The van der Waals surface area contributed by atoms with Crippen molar-refractivity contribution >= 4 is 42.4 Å². The largest absolute Gasteiger partial charge is 0.485 e. The van der Waals surface area contributed by atoms with E-state index in [1.165, 1.54) is 17.4 Å². The molecule has 4 rings (SSSR count). The van der Waals surface area contributed by atoms with Gasteiger partial charge in [-0.2, -0.15) is 0 Å². The quantitative estimate of drug-likeness (QED) is 0.450. The summed E-state index contributed by atoms with van der Waals surface area (Å²) in [5.74, 6) is 0.981. The number of fused-ring (bicyclic) bond motifs is 1. The van der Waals surface area contributed by atoms with Crippen LogP contribution in [0.25, 0.3) is 10.2 Å². The first kappa shape index (κ1) is 21.1. The van der Waals surface area contributed by atoms with Gasteiger partial charge in [-0.05, 0) is 61.4 Å². The number of carbonyl (C=O) groups excluding carboxylic acids is 1. The van der Waals surface area contributed by atoms with Gasteiger partial charge in [-0.1, -0.05) is 23.5 Å². The summed E-state index contributed by atoms with van der Waals surface area (Å²) in [5.41, 5.74) is 2.72. The van der Waals surface area contributed by atoms with Crippen molar-refractivity contribution in [3.8, 4) is 5.75 Å².